The summed E-state index contributed by atoms with van der Waals surface area (Å²) in [5.74, 6) is 0. The van der Waals surface area contributed by atoms with Crippen LogP contribution in [0.5, 0.6) is 0 Å². The average Bonchev–Trinajstić information content (AvgIpc) is 2.56. The SMILES string of the molecule is Cl.Cl.Nc1ccc2[nH]c3ccccc3c2c1. The van der Waals surface area contributed by atoms with Gasteiger partial charge in [-0.25, -0.2) is 0 Å². The van der Waals surface area contributed by atoms with Crippen LogP contribution in [0.15, 0.2) is 42.5 Å². The van der Waals surface area contributed by atoms with E-state index in [0.717, 1.165) is 16.7 Å². The monoisotopic (exact) mass is 254 g/mol. The van der Waals surface area contributed by atoms with Crippen LogP contribution in [0.25, 0.3) is 21.8 Å². The van der Waals surface area contributed by atoms with Gasteiger partial charge in [0.2, 0.25) is 0 Å². The van der Waals surface area contributed by atoms with Crippen molar-refractivity contribution in [2.45, 2.75) is 0 Å². The summed E-state index contributed by atoms with van der Waals surface area (Å²) in [6.07, 6.45) is 0. The molecule has 3 aromatic rings. The van der Waals surface area contributed by atoms with Crippen molar-refractivity contribution < 1.29 is 0 Å². The molecule has 3 rings (SSSR count). The number of halogens is 2. The Balaban J connectivity index is 0.000000640. The van der Waals surface area contributed by atoms with Crippen LogP contribution < -0.4 is 5.73 Å². The number of aromatic nitrogens is 1. The molecule has 0 atom stereocenters. The summed E-state index contributed by atoms with van der Waals surface area (Å²) >= 11 is 0. The second kappa shape index (κ2) is 4.64. The minimum Gasteiger partial charge on any atom is -0.399 e. The average molecular weight is 255 g/mol. The van der Waals surface area contributed by atoms with Crippen LogP contribution in [-0.2, 0) is 0 Å². The van der Waals surface area contributed by atoms with Crippen LogP contribution in [-0.4, -0.2) is 4.98 Å². The highest BCUT2D eigenvalue weighted by Crippen LogP contribution is 2.26. The number of hydrogen-bond donors (Lipinski definition) is 2. The van der Waals surface area contributed by atoms with Gasteiger partial charge >= 0.3 is 0 Å². The Morgan fingerprint density at radius 3 is 2.31 bits per heavy atom. The normalized spacial score (nSPS) is 9.75. The Bertz CT molecular complexity index is 617. The highest BCUT2D eigenvalue weighted by Gasteiger charge is 2.02. The van der Waals surface area contributed by atoms with Crippen molar-refractivity contribution in [1.82, 2.24) is 4.98 Å². The smallest absolute Gasteiger partial charge is 0.0466 e. The first kappa shape index (κ1) is 12.7. The van der Waals surface area contributed by atoms with E-state index in [1.807, 2.05) is 30.3 Å². The minimum atomic E-state index is 0. The maximum Gasteiger partial charge on any atom is 0.0466 e. The standard InChI is InChI=1S/C12H10N2.2ClH/c13-8-5-6-12-10(7-8)9-3-1-2-4-11(9)14-12;;/h1-7,14H,13H2;2*1H. The fraction of sp³-hybridized carbons (Fsp3) is 0. The molecule has 4 heteroatoms. The van der Waals surface area contributed by atoms with Crippen LogP contribution in [0.2, 0.25) is 0 Å². The summed E-state index contributed by atoms with van der Waals surface area (Å²) in [5, 5.41) is 2.43. The number of H-pyrrole nitrogens is 1. The van der Waals surface area contributed by atoms with Gasteiger partial charge in [0.1, 0.15) is 0 Å². The molecular weight excluding hydrogens is 243 g/mol. The number of nitrogen functional groups attached to an aromatic ring is 1. The molecule has 2 aromatic carbocycles. The summed E-state index contributed by atoms with van der Waals surface area (Å²) < 4.78 is 0. The Morgan fingerprint density at radius 1 is 0.812 bits per heavy atom. The lowest BCUT2D eigenvalue weighted by atomic mass is 10.1. The van der Waals surface area contributed by atoms with Gasteiger partial charge in [-0.2, -0.15) is 0 Å². The number of hydrogen-bond acceptors (Lipinski definition) is 1. The summed E-state index contributed by atoms with van der Waals surface area (Å²) in [6.45, 7) is 0. The zero-order valence-corrected chi connectivity index (χ0v) is 10.1. The third-order valence-corrected chi connectivity index (χ3v) is 2.53. The molecule has 0 unspecified atom stereocenters. The van der Waals surface area contributed by atoms with Crippen molar-refractivity contribution in [2.75, 3.05) is 5.73 Å². The summed E-state index contributed by atoms with van der Waals surface area (Å²) in [5.41, 5.74) is 8.87. The van der Waals surface area contributed by atoms with E-state index in [0.29, 0.717) is 0 Å². The minimum absolute atomic E-state index is 0. The van der Waals surface area contributed by atoms with E-state index >= 15 is 0 Å². The lowest BCUT2D eigenvalue weighted by molar-refractivity contribution is 1.55. The number of aromatic amines is 1. The molecule has 0 aliphatic carbocycles. The fourth-order valence-corrected chi connectivity index (χ4v) is 1.87. The van der Waals surface area contributed by atoms with Crippen LogP contribution in [0, 0.1) is 0 Å². The summed E-state index contributed by atoms with van der Waals surface area (Å²) in [7, 11) is 0. The van der Waals surface area contributed by atoms with Gasteiger partial charge < -0.3 is 10.7 Å². The van der Waals surface area contributed by atoms with Gasteiger partial charge in [0.15, 0.2) is 0 Å². The first-order valence-corrected chi connectivity index (χ1v) is 4.60. The van der Waals surface area contributed by atoms with E-state index in [1.54, 1.807) is 0 Å². The van der Waals surface area contributed by atoms with Crippen molar-refractivity contribution in [1.29, 1.82) is 0 Å². The third kappa shape index (κ3) is 1.82. The topological polar surface area (TPSA) is 41.8 Å². The molecule has 0 spiro atoms. The first-order chi connectivity index (χ1) is 6.84. The molecule has 0 saturated heterocycles. The van der Waals surface area contributed by atoms with E-state index in [9.17, 15) is 0 Å². The fourth-order valence-electron chi connectivity index (χ4n) is 1.87. The van der Waals surface area contributed by atoms with Gasteiger partial charge in [-0.15, -0.1) is 24.8 Å². The van der Waals surface area contributed by atoms with Crippen molar-refractivity contribution in [3.05, 3.63) is 42.5 Å². The van der Waals surface area contributed by atoms with Crippen LogP contribution >= 0.6 is 24.8 Å². The molecule has 1 aromatic heterocycles. The predicted molar refractivity (Wildman–Crippen MR) is 74.7 cm³/mol. The Morgan fingerprint density at radius 2 is 1.50 bits per heavy atom. The van der Waals surface area contributed by atoms with E-state index < -0.39 is 0 Å². The number of rotatable bonds is 0. The van der Waals surface area contributed by atoms with Crippen molar-refractivity contribution >= 4 is 52.3 Å². The molecular formula is C12H12Cl2N2. The second-order valence-electron chi connectivity index (χ2n) is 3.48. The molecule has 0 aliphatic heterocycles. The highest BCUT2D eigenvalue weighted by molar-refractivity contribution is 6.08. The summed E-state index contributed by atoms with van der Waals surface area (Å²) in [4.78, 5) is 3.35. The van der Waals surface area contributed by atoms with Crippen molar-refractivity contribution in [3.8, 4) is 0 Å². The number of benzene rings is 2. The Hall–Kier alpha value is -1.38. The molecule has 0 aliphatic rings. The van der Waals surface area contributed by atoms with Crippen molar-refractivity contribution in [3.63, 3.8) is 0 Å². The van der Waals surface area contributed by atoms with E-state index in [4.69, 9.17) is 5.73 Å². The van der Waals surface area contributed by atoms with E-state index in [1.165, 1.54) is 10.8 Å². The lowest BCUT2D eigenvalue weighted by Gasteiger charge is -1.92. The van der Waals surface area contributed by atoms with Gasteiger partial charge in [-0.3, -0.25) is 0 Å². The third-order valence-electron chi connectivity index (χ3n) is 2.53. The lowest BCUT2D eigenvalue weighted by Crippen LogP contribution is -1.81. The molecule has 0 radical (unpaired) electrons. The number of nitrogens with two attached hydrogens (primary N) is 1. The zero-order valence-electron chi connectivity index (χ0n) is 8.44. The highest BCUT2D eigenvalue weighted by atomic mass is 35.5. The number of para-hydroxylation sites is 1. The second-order valence-corrected chi connectivity index (χ2v) is 3.48. The maximum absolute atomic E-state index is 5.76. The molecule has 0 fully saturated rings. The number of nitrogens with one attached hydrogen (secondary N) is 1. The van der Waals surface area contributed by atoms with Crippen molar-refractivity contribution in [2.24, 2.45) is 0 Å². The zero-order chi connectivity index (χ0) is 9.54. The molecule has 0 saturated carbocycles. The van der Waals surface area contributed by atoms with Gasteiger partial charge in [0, 0.05) is 27.5 Å². The predicted octanol–water partition coefficient (Wildman–Crippen LogP) is 3.75. The molecule has 0 bridgehead atoms. The number of anilines is 1. The van der Waals surface area contributed by atoms with Crippen LogP contribution in [0.4, 0.5) is 5.69 Å². The van der Waals surface area contributed by atoms with Gasteiger partial charge in [-0.1, -0.05) is 18.2 Å². The Labute approximate surface area is 106 Å². The van der Waals surface area contributed by atoms with E-state index in [-0.39, 0.29) is 24.8 Å². The maximum atomic E-state index is 5.76. The number of fused-ring (bicyclic) bond motifs is 3. The molecule has 84 valence electrons. The van der Waals surface area contributed by atoms with Crippen LogP contribution in [0.3, 0.4) is 0 Å². The quantitative estimate of drug-likeness (QED) is 0.590. The molecule has 1 heterocycles. The molecule has 2 nitrogen and oxygen atoms in total. The van der Waals surface area contributed by atoms with Gasteiger partial charge in [-0.05, 0) is 24.3 Å². The van der Waals surface area contributed by atoms with Gasteiger partial charge in [0.05, 0.1) is 0 Å². The van der Waals surface area contributed by atoms with Gasteiger partial charge in [0.25, 0.3) is 0 Å². The summed E-state index contributed by atoms with van der Waals surface area (Å²) in [6, 6.07) is 14.2. The largest absolute Gasteiger partial charge is 0.399 e. The molecule has 3 N–H and O–H groups in total. The molecule has 0 amide bonds. The Kier molecular flexibility index (Phi) is 3.68. The molecule has 16 heavy (non-hydrogen) atoms. The first-order valence-electron chi connectivity index (χ1n) is 4.60. The van der Waals surface area contributed by atoms with E-state index in [2.05, 4.69) is 17.1 Å². The van der Waals surface area contributed by atoms with Crippen LogP contribution in [0.1, 0.15) is 0 Å².